The maximum atomic E-state index is 12.1. The largest absolute Gasteiger partial charge is 0.504 e. The summed E-state index contributed by atoms with van der Waals surface area (Å²) in [7, 11) is 0. The standard InChI is InChI=1S/C17H18O4/c18-12-5-7-17(21)11-2-1-6-16(17,9-12)14-10(8-11)3-4-13(19)15(14)20/h3-4,8,11,20-21H,1-2,5-7,9H2/t11-,16-,17-/m1/s1. The van der Waals surface area contributed by atoms with E-state index in [0.29, 0.717) is 24.8 Å². The fraction of sp³-hybridized carbons (Fsp3) is 0.529. The number of hydrogen-bond acceptors (Lipinski definition) is 4. The molecule has 0 amide bonds. The van der Waals surface area contributed by atoms with Crippen LogP contribution in [0.2, 0.25) is 0 Å². The van der Waals surface area contributed by atoms with Gasteiger partial charge in [0, 0.05) is 29.7 Å². The molecule has 0 heterocycles. The Bertz CT molecular complexity index is 654. The molecule has 0 aliphatic heterocycles. The molecule has 0 radical (unpaired) electrons. The van der Waals surface area contributed by atoms with Gasteiger partial charge in [0.25, 0.3) is 0 Å². The van der Waals surface area contributed by atoms with Crippen molar-refractivity contribution >= 4 is 11.6 Å². The van der Waals surface area contributed by atoms with Gasteiger partial charge >= 0.3 is 0 Å². The number of allylic oxidation sites excluding steroid dienone is 3. The minimum atomic E-state index is -1.00. The van der Waals surface area contributed by atoms with Crippen molar-refractivity contribution in [2.45, 2.75) is 44.1 Å². The highest BCUT2D eigenvalue weighted by molar-refractivity contribution is 6.05. The van der Waals surface area contributed by atoms with Crippen LogP contribution in [0.25, 0.3) is 0 Å². The van der Waals surface area contributed by atoms with Gasteiger partial charge < -0.3 is 10.2 Å². The van der Waals surface area contributed by atoms with Gasteiger partial charge in [-0.05, 0) is 30.9 Å². The molecule has 2 fully saturated rings. The summed E-state index contributed by atoms with van der Waals surface area (Å²) in [6.45, 7) is 0. The molecule has 4 aliphatic carbocycles. The van der Waals surface area contributed by atoms with Crippen molar-refractivity contribution in [3.63, 3.8) is 0 Å². The quantitative estimate of drug-likeness (QED) is 0.715. The molecule has 4 nitrogen and oxygen atoms in total. The average Bonchev–Trinajstić information content (AvgIpc) is 2.43. The Balaban J connectivity index is 2.02. The van der Waals surface area contributed by atoms with Crippen LogP contribution in [0.5, 0.6) is 0 Å². The maximum absolute atomic E-state index is 12.1. The Labute approximate surface area is 122 Å². The van der Waals surface area contributed by atoms with Crippen molar-refractivity contribution in [2.24, 2.45) is 11.3 Å². The van der Waals surface area contributed by atoms with Crippen LogP contribution in [0.3, 0.4) is 0 Å². The third-order valence-electron chi connectivity index (χ3n) is 5.88. The zero-order valence-corrected chi connectivity index (χ0v) is 11.8. The zero-order valence-electron chi connectivity index (χ0n) is 11.8. The smallest absolute Gasteiger partial charge is 0.220 e. The number of carbonyl (C=O) groups excluding carboxylic acids is 2. The summed E-state index contributed by atoms with van der Waals surface area (Å²) in [5.74, 6) is -0.592. The van der Waals surface area contributed by atoms with Crippen molar-refractivity contribution < 1.29 is 19.8 Å². The highest BCUT2D eigenvalue weighted by atomic mass is 16.3. The van der Waals surface area contributed by atoms with Gasteiger partial charge in [-0.15, -0.1) is 0 Å². The SMILES string of the molecule is O=C1CC[C@@]2(O)[C@H]3C=C4C=CC(=O)C(O)=C4[C@@]2(CCC3)C1. The molecule has 3 atom stereocenters. The van der Waals surface area contributed by atoms with E-state index in [9.17, 15) is 19.8 Å². The number of fused-ring (bicyclic) bond motifs is 1. The summed E-state index contributed by atoms with van der Waals surface area (Å²) in [6, 6.07) is 0. The molecule has 4 rings (SSSR count). The summed E-state index contributed by atoms with van der Waals surface area (Å²) in [6.07, 6.45) is 8.57. The van der Waals surface area contributed by atoms with Crippen molar-refractivity contribution in [1.29, 1.82) is 0 Å². The molecule has 0 aromatic heterocycles. The first-order valence-electron chi connectivity index (χ1n) is 7.60. The van der Waals surface area contributed by atoms with Crippen molar-refractivity contribution in [1.82, 2.24) is 0 Å². The monoisotopic (exact) mass is 286 g/mol. The Morgan fingerprint density at radius 3 is 2.81 bits per heavy atom. The van der Waals surface area contributed by atoms with E-state index in [1.54, 1.807) is 6.08 Å². The fourth-order valence-corrected chi connectivity index (χ4v) is 4.95. The topological polar surface area (TPSA) is 74.6 Å². The molecule has 0 spiro atoms. The van der Waals surface area contributed by atoms with E-state index in [1.165, 1.54) is 6.08 Å². The van der Waals surface area contributed by atoms with Gasteiger partial charge in [-0.2, -0.15) is 0 Å². The molecule has 0 saturated heterocycles. The van der Waals surface area contributed by atoms with Crippen LogP contribution in [-0.4, -0.2) is 27.4 Å². The molecule has 0 unspecified atom stereocenters. The zero-order chi connectivity index (χ0) is 14.8. The third-order valence-corrected chi connectivity index (χ3v) is 5.88. The Kier molecular flexibility index (Phi) is 2.45. The number of rotatable bonds is 0. The molecular formula is C17H18O4. The van der Waals surface area contributed by atoms with E-state index in [2.05, 4.69) is 0 Å². The summed E-state index contributed by atoms with van der Waals surface area (Å²) in [4.78, 5) is 24.0. The Hall–Kier alpha value is -1.68. The van der Waals surface area contributed by atoms with Crippen LogP contribution in [0.1, 0.15) is 38.5 Å². The minimum absolute atomic E-state index is 0.00347. The number of carbonyl (C=O) groups is 2. The predicted molar refractivity (Wildman–Crippen MR) is 75.5 cm³/mol. The second-order valence-electron chi connectivity index (χ2n) is 6.76. The number of hydrogen-bond donors (Lipinski definition) is 2. The number of Topliss-reactive ketones (excluding diaryl/α,β-unsaturated/α-hetero) is 1. The van der Waals surface area contributed by atoms with E-state index in [0.717, 1.165) is 18.4 Å². The lowest BCUT2D eigenvalue weighted by molar-refractivity contribution is -0.164. The summed E-state index contributed by atoms with van der Waals surface area (Å²) in [5.41, 5.74) is -0.449. The van der Waals surface area contributed by atoms with Crippen LogP contribution >= 0.6 is 0 Å². The van der Waals surface area contributed by atoms with E-state index >= 15 is 0 Å². The lowest BCUT2D eigenvalue weighted by Gasteiger charge is -2.60. The average molecular weight is 286 g/mol. The highest BCUT2D eigenvalue weighted by Crippen LogP contribution is 2.64. The van der Waals surface area contributed by atoms with Crippen LogP contribution in [0.15, 0.2) is 35.1 Å². The van der Waals surface area contributed by atoms with Gasteiger partial charge in [0.05, 0.1) is 5.60 Å². The fourth-order valence-electron chi connectivity index (χ4n) is 4.95. The number of aliphatic hydroxyl groups excluding tert-OH is 1. The molecule has 21 heavy (non-hydrogen) atoms. The lowest BCUT2D eigenvalue weighted by Crippen LogP contribution is -2.62. The maximum Gasteiger partial charge on any atom is 0.220 e. The third kappa shape index (κ3) is 1.43. The first kappa shape index (κ1) is 13.0. The van der Waals surface area contributed by atoms with E-state index < -0.39 is 16.8 Å². The first-order valence-corrected chi connectivity index (χ1v) is 7.60. The molecule has 2 N–H and O–H groups in total. The van der Waals surface area contributed by atoms with Crippen molar-refractivity contribution in [3.05, 3.63) is 35.1 Å². The summed E-state index contributed by atoms with van der Waals surface area (Å²) in [5, 5.41) is 21.7. The van der Waals surface area contributed by atoms with Crippen LogP contribution < -0.4 is 0 Å². The van der Waals surface area contributed by atoms with Crippen LogP contribution in [0, 0.1) is 11.3 Å². The molecule has 2 saturated carbocycles. The Morgan fingerprint density at radius 1 is 1.19 bits per heavy atom. The molecule has 0 aromatic carbocycles. The molecule has 4 heteroatoms. The molecule has 2 bridgehead atoms. The van der Waals surface area contributed by atoms with Gasteiger partial charge in [0.15, 0.2) is 5.76 Å². The van der Waals surface area contributed by atoms with Gasteiger partial charge in [-0.3, -0.25) is 9.59 Å². The lowest BCUT2D eigenvalue weighted by atomic mass is 9.46. The van der Waals surface area contributed by atoms with E-state index in [1.807, 2.05) is 6.08 Å². The van der Waals surface area contributed by atoms with Gasteiger partial charge in [0.2, 0.25) is 5.78 Å². The van der Waals surface area contributed by atoms with Gasteiger partial charge in [-0.25, -0.2) is 0 Å². The van der Waals surface area contributed by atoms with E-state index in [4.69, 9.17) is 0 Å². The van der Waals surface area contributed by atoms with Crippen molar-refractivity contribution in [2.75, 3.05) is 0 Å². The molecular weight excluding hydrogens is 268 g/mol. The van der Waals surface area contributed by atoms with Gasteiger partial charge in [-0.1, -0.05) is 18.6 Å². The second kappa shape index (κ2) is 3.95. The van der Waals surface area contributed by atoms with Crippen LogP contribution in [-0.2, 0) is 9.59 Å². The molecule has 110 valence electrons. The first-order chi connectivity index (χ1) is 9.98. The predicted octanol–water partition coefficient (Wildman–Crippen LogP) is 2.15. The normalized spacial score (nSPS) is 41.6. The van der Waals surface area contributed by atoms with Gasteiger partial charge in [0.1, 0.15) is 5.78 Å². The summed E-state index contributed by atoms with van der Waals surface area (Å²) < 4.78 is 0. The van der Waals surface area contributed by atoms with Crippen molar-refractivity contribution in [3.8, 4) is 0 Å². The van der Waals surface area contributed by atoms with E-state index in [-0.39, 0.29) is 23.9 Å². The molecule has 0 aromatic rings. The van der Waals surface area contributed by atoms with Crippen LogP contribution in [0.4, 0.5) is 0 Å². The number of aliphatic hydroxyl groups is 2. The Morgan fingerprint density at radius 2 is 2.00 bits per heavy atom. The highest BCUT2D eigenvalue weighted by Gasteiger charge is 2.63. The molecule has 4 aliphatic rings. The summed E-state index contributed by atoms with van der Waals surface area (Å²) >= 11 is 0. The number of ketones is 2. The second-order valence-corrected chi connectivity index (χ2v) is 6.76. The minimum Gasteiger partial charge on any atom is -0.504 e.